The first-order valence-electron chi connectivity index (χ1n) is 12.7. The Morgan fingerprint density at radius 3 is 2.49 bits per heavy atom. The van der Waals surface area contributed by atoms with Crippen LogP contribution in [0.4, 0.5) is 5.69 Å². The molecular formula is C27H30N6O4S2. The minimum Gasteiger partial charge on any atom is -0.354 e. The molecule has 2 N–H and O–H groups in total. The first-order valence-corrected chi connectivity index (χ1v) is 15.0. The van der Waals surface area contributed by atoms with Gasteiger partial charge in [-0.05, 0) is 71.2 Å². The first-order chi connectivity index (χ1) is 18.4. The molecule has 1 amide bonds. The number of pyridine rings is 1. The fourth-order valence-electron chi connectivity index (χ4n) is 4.75. The minimum absolute atomic E-state index is 0.0178. The predicted octanol–water partition coefficient (Wildman–Crippen LogP) is 4.12. The molecule has 0 aliphatic heterocycles. The third-order valence-electron chi connectivity index (χ3n) is 6.86. The maximum absolute atomic E-state index is 13.4. The predicted molar refractivity (Wildman–Crippen MR) is 151 cm³/mol. The summed E-state index contributed by atoms with van der Waals surface area (Å²) in [6, 6.07) is 7.06. The summed E-state index contributed by atoms with van der Waals surface area (Å²) in [6.45, 7) is 9.00. The number of sulfonamides is 1. The summed E-state index contributed by atoms with van der Waals surface area (Å²) in [5, 5.41) is 4.05. The van der Waals surface area contributed by atoms with E-state index in [2.05, 4.69) is 25.0 Å². The summed E-state index contributed by atoms with van der Waals surface area (Å²) >= 11 is 1.12. The lowest BCUT2D eigenvalue weighted by atomic mass is 9.79. The molecule has 3 aromatic heterocycles. The Morgan fingerprint density at radius 1 is 1.08 bits per heavy atom. The highest BCUT2D eigenvalue weighted by Crippen LogP contribution is 2.37. The van der Waals surface area contributed by atoms with Gasteiger partial charge in [-0.1, -0.05) is 6.07 Å². The number of rotatable bonds is 7. The maximum Gasteiger partial charge on any atom is 0.273 e. The third kappa shape index (κ3) is 5.30. The number of hydrogen-bond acceptors (Lipinski definition) is 8. The molecule has 0 unspecified atom stereocenters. The van der Waals surface area contributed by atoms with Crippen molar-refractivity contribution in [2.24, 2.45) is 5.92 Å². The summed E-state index contributed by atoms with van der Waals surface area (Å²) in [6.07, 6.45) is 4.38. The smallest absolute Gasteiger partial charge is 0.273 e. The van der Waals surface area contributed by atoms with Crippen molar-refractivity contribution in [3.05, 3.63) is 63.5 Å². The highest BCUT2D eigenvalue weighted by Gasteiger charge is 2.36. The number of fused-ring (bicyclic) bond motifs is 1. The number of benzene rings is 1. The van der Waals surface area contributed by atoms with Crippen molar-refractivity contribution in [1.82, 2.24) is 24.8 Å². The second-order valence-corrected chi connectivity index (χ2v) is 13.3. The van der Waals surface area contributed by atoms with E-state index in [1.54, 1.807) is 56.1 Å². The van der Waals surface area contributed by atoms with E-state index in [0.717, 1.165) is 11.3 Å². The molecule has 0 radical (unpaired) electrons. The van der Waals surface area contributed by atoms with Gasteiger partial charge in [0, 0.05) is 29.8 Å². The van der Waals surface area contributed by atoms with Crippen molar-refractivity contribution in [3.8, 4) is 11.1 Å². The molecular weight excluding hydrogens is 536 g/mol. The van der Waals surface area contributed by atoms with Gasteiger partial charge in [-0.3, -0.25) is 23.9 Å². The minimum atomic E-state index is -3.84. The Labute approximate surface area is 230 Å². The molecule has 1 aromatic carbocycles. The number of anilines is 1. The molecule has 3 heterocycles. The molecule has 10 nitrogen and oxygen atoms in total. The molecule has 0 saturated heterocycles. The second-order valence-electron chi connectivity index (χ2n) is 10.2. The van der Waals surface area contributed by atoms with Crippen molar-refractivity contribution < 1.29 is 13.2 Å². The molecule has 0 atom stereocenters. The van der Waals surface area contributed by atoms with Gasteiger partial charge in [0.15, 0.2) is 4.21 Å². The van der Waals surface area contributed by atoms with Crippen molar-refractivity contribution in [3.63, 3.8) is 0 Å². The van der Waals surface area contributed by atoms with E-state index in [9.17, 15) is 18.0 Å². The van der Waals surface area contributed by atoms with E-state index >= 15 is 0 Å². The zero-order valence-electron chi connectivity index (χ0n) is 22.3. The standard InChI is InChI=1S/C27H30N6O4S2/c1-14(2)30-25(34)19-8-21(9-19)33-13-29-23-7-6-18(10-22(23)26(33)35)20-11-24(15(3)28-12-20)32-39(36,37)27-16(4)31-17(5)38-27/h6-7,10-14,19,21,32H,8-9H2,1-5H3,(H,30,34). The lowest BCUT2D eigenvalue weighted by molar-refractivity contribution is -0.129. The van der Waals surface area contributed by atoms with E-state index in [1.165, 1.54) is 0 Å². The molecule has 4 aromatic rings. The Bertz CT molecular complexity index is 1750. The average molecular weight is 567 g/mol. The largest absolute Gasteiger partial charge is 0.354 e. The Kier molecular flexibility index (Phi) is 7.02. The average Bonchev–Trinajstić information content (AvgIpc) is 3.19. The van der Waals surface area contributed by atoms with Crippen LogP contribution in [0.5, 0.6) is 0 Å². The Balaban J connectivity index is 1.43. The van der Waals surface area contributed by atoms with Gasteiger partial charge in [0.05, 0.1) is 39.3 Å². The maximum atomic E-state index is 13.4. The summed E-state index contributed by atoms with van der Waals surface area (Å²) in [5.41, 5.74) is 3.07. The number of nitrogens with one attached hydrogen (secondary N) is 2. The van der Waals surface area contributed by atoms with Gasteiger partial charge >= 0.3 is 0 Å². The van der Waals surface area contributed by atoms with E-state index in [0.29, 0.717) is 57.0 Å². The Morgan fingerprint density at radius 2 is 1.82 bits per heavy atom. The van der Waals surface area contributed by atoms with Gasteiger partial charge in [-0.25, -0.2) is 18.4 Å². The fourth-order valence-corrected chi connectivity index (χ4v) is 7.35. The van der Waals surface area contributed by atoms with Crippen LogP contribution in [0.2, 0.25) is 0 Å². The van der Waals surface area contributed by atoms with Crippen LogP contribution in [-0.4, -0.2) is 39.9 Å². The lowest BCUT2D eigenvalue weighted by Crippen LogP contribution is -2.44. The second kappa shape index (κ2) is 10.2. The van der Waals surface area contributed by atoms with E-state index in [1.807, 2.05) is 19.9 Å². The molecule has 0 bridgehead atoms. The lowest BCUT2D eigenvalue weighted by Gasteiger charge is -2.35. The Hall–Kier alpha value is -3.64. The zero-order chi connectivity index (χ0) is 28.1. The highest BCUT2D eigenvalue weighted by atomic mass is 32.2. The third-order valence-corrected chi connectivity index (χ3v) is 9.91. The van der Waals surface area contributed by atoms with E-state index < -0.39 is 10.0 Å². The number of aromatic nitrogens is 4. The first kappa shape index (κ1) is 26.9. The van der Waals surface area contributed by atoms with Crippen molar-refractivity contribution in [1.29, 1.82) is 0 Å². The number of thiazole rings is 1. The van der Waals surface area contributed by atoms with Crippen LogP contribution in [0.15, 0.2) is 45.8 Å². The van der Waals surface area contributed by atoms with Crippen LogP contribution in [-0.2, 0) is 14.8 Å². The fraction of sp³-hybridized carbons (Fsp3) is 0.370. The van der Waals surface area contributed by atoms with Crippen LogP contribution >= 0.6 is 11.3 Å². The molecule has 0 spiro atoms. The van der Waals surface area contributed by atoms with Crippen molar-refractivity contribution in [2.45, 2.75) is 63.8 Å². The van der Waals surface area contributed by atoms with Crippen molar-refractivity contribution in [2.75, 3.05) is 4.72 Å². The number of nitrogens with zero attached hydrogens (tertiary/aromatic N) is 4. The molecule has 1 fully saturated rings. The van der Waals surface area contributed by atoms with Crippen LogP contribution in [0.3, 0.4) is 0 Å². The van der Waals surface area contributed by atoms with Crippen LogP contribution < -0.4 is 15.6 Å². The normalized spacial score (nSPS) is 17.3. The monoisotopic (exact) mass is 566 g/mol. The van der Waals surface area contributed by atoms with Gasteiger partial charge in [-0.2, -0.15) is 0 Å². The highest BCUT2D eigenvalue weighted by molar-refractivity contribution is 7.94. The molecule has 1 saturated carbocycles. The SMILES string of the molecule is Cc1nc(C)c(S(=O)(=O)Nc2cc(-c3ccc4ncn(C5CC(C(=O)NC(C)C)C5)c(=O)c4c3)cnc2C)s1. The van der Waals surface area contributed by atoms with Crippen LogP contribution in [0, 0.1) is 26.7 Å². The van der Waals surface area contributed by atoms with Gasteiger partial charge < -0.3 is 5.32 Å². The number of amides is 1. The summed E-state index contributed by atoms with van der Waals surface area (Å²) in [4.78, 5) is 38.8. The topological polar surface area (TPSA) is 136 Å². The quantitative estimate of drug-likeness (QED) is 0.343. The van der Waals surface area contributed by atoms with E-state index in [-0.39, 0.29) is 33.7 Å². The zero-order valence-corrected chi connectivity index (χ0v) is 24.0. The molecule has 1 aliphatic rings. The van der Waals surface area contributed by atoms with Gasteiger partial charge in [0.2, 0.25) is 5.91 Å². The van der Waals surface area contributed by atoms with Gasteiger partial charge in [0.25, 0.3) is 15.6 Å². The summed E-state index contributed by atoms with van der Waals surface area (Å²) < 4.78 is 30.6. The molecule has 5 rings (SSSR count). The van der Waals surface area contributed by atoms with Crippen LogP contribution in [0.25, 0.3) is 22.0 Å². The number of carbonyl (C=O) groups is 1. The summed E-state index contributed by atoms with van der Waals surface area (Å²) in [5.74, 6) is -0.0888. The number of aryl methyl sites for hydroxylation is 3. The molecule has 12 heteroatoms. The number of carbonyl (C=O) groups excluding carboxylic acids is 1. The number of hydrogen-bond donors (Lipinski definition) is 2. The van der Waals surface area contributed by atoms with Gasteiger partial charge in [0.1, 0.15) is 0 Å². The summed E-state index contributed by atoms with van der Waals surface area (Å²) in [7, 11) is -3.84. The van der Waals surface area contributed by atoms with Crippen LogP contribution in [0.1, 0.15) is 49.1 Å². The van der Waals surface area contributed by atoms with E-state index in [4.69, 9.17) is 0 Å². The molecule has 1 aliphatic carbocycles. The van der Waals surface area contributed by atoms with Crippen molar-refractivity contribution >= 4 is 43.9 Å². The molecule has 39 heavy (non-hydrogen) atoms. The molecule has 204 valence electrons. The van der Waals surface area contributed by atoms with Gasteiger partial charge in [-0.15, -0.1) is 11.3 Å².